The topological polar surface area (TPSA) is 98.8 Å². The fourth-order valence-electron chi connectivity index (χ4n) is 4.25. The fraction of sp³-hybridized carbons (Fsp3) is 0.500. The number of hydrogen-bond acceptors (Lipinski definition) is 4. The molecule has 0 radical (unpaired) electrons. The third-order valence-electron chi connectivity index (χ3n) is 6.08. The fourth-order valence-corrected chi connectivity index (χ4v) is 4.46. The molecule has 3 aliphatic rings. The SMILES string of the molecule is CC1CCC2(CC1)NC(=O)N(NC(=O)c1ccc(Cl)c(N3CCCC3=O)c1)C2=O. The molecule has 0 bridgehead atoms. The van der Waals surface area contributed by atoms with Gasteiger partial charge in [0, 0.05) is 18.5 Å². The standard InChI is InChI=1S/C20H23ClN4O4/c1-12-6-8-20(9-7-12)18(28)25(19(29)22-20)23-17(27)13-4-5-14(21)15(11-13)24-10-2-3-16(24)26/h4-5,11-12H,2-3,6-10H2,1H3,(H,22,29)(H,23,27). The molecule has 0 unspecified atom stereocenters. The van der Waals surface area contributed by atoms with Gasteiger partial charge in [0.2, 0.25) is 5.91 Å². The van der Waals surface area contributed by atoms with Crippen molar-refractivity contribution in [1.29, 1.82) is 0 Å². The zero-order valence-electron chi connectivity index (χ0n) is 16.2. The Hall–Kier alpha value is -2.61. The lowest BCUT2D eigenvalue weighted by Crippen LogP contribution is -2.51. The molecule has 1 aromatic carbocycles. The third-order valence-corrected chi connectivity index (χ3v) is 6.40. The number of rotatable bonds is 3. The zero-order valence-corrected chi connectivity index (χ0v) is 16.9. The van der Waals surface area contributed by atoms with Crippen LogP contribution < -0.4 is 15.6 Å². The van der Waals surface area contributed by atoms with E-state index < -0.39 is 23.4 Å². The van der Waals surface area contributed by atoms with Crippen LogP contribution in [0.3, 0.4) is 0 Å². The summed E-state index contributed by atoms with van der Waals surface area (Å²) in [6, 6.07) is 3.92. The molecule has 154 valence electrons. The zero-order chi connectivity index (χ0) is 20.8. The second-order valence-corrected chi connectivity index (χ2v) is 8.50. The highest BCUT2D eigenvalue weighted by Gasteiger charge is 2.53. The molecule has 29 heavy (non-hydrogen) atoms. The summed E-state index contributed by atoms with van der Waals surface area (Å²) in [7, 11) is 0. The van der Waals surface area contributed by atoms with E-state index in [2.05, 4.69) is 17.7 Å². The molecule has 3 fully saturated rings. The van der Waals surface area contributed by atoms with Crippen molar-refractivity contribution in [3.63, 3.8) is 0 Å². The van der Waals surface area contributed by atoms with Crippen molar-refractivity contribution in [3.8, 4) is 0 Å². The van der Waals surface area contributed by atoms with Crippen molar-refractivity contribution in [2.45, 2.75) is 51.0 Å². The van der Waals surface area contributed by atoms with E-state index in [1.165, 1.54) is 18.2 Å². The monoisotopic (exact) mass is 418 g/mol. The number of hydrazine groups is 1. The van der Waals surface area contributed by atoms with Crippen molar-refractivity contribution in [2.24, 2.45) is 5.92 Å². The minimum absolute atomic E-state index is 0.0491. The first-order valence-electron chi connectivity index (χ1n) is 9.88. The molecule has 8 nitrogen and oxygen atoms in total. The average molecular weight is 419 g/mol. The number of carbonyl (C=O) groups excluding carboxylic acids is 4. The van der Waals surface area contributed by atoms with Gasteiger partial charge in [-0.3, -0.25) is 19.8 Å². The Morgan fingerprint density at radius 2 is 1.97 bits per heavy atom. The van der Waals surface area contributed by atoms with Gasteiger partial charge in [0.1, 0.15) is 5.54 Å². The van der Waals surface area contributed by atoms with Crippen LogP contribution in [-0.2, 0) is 9.59 Å². The van der Waals surface area contributed by atoms with E-state index in [1.807, 2.05) is 0 Å². The minimum atomic E-state index is -0.927. The summed E-state index contributed by atoms with van der Waals surface area (Å²) in [6.07, 6.45) is 3.99. The lowest BCUT2D eigenvalue weighted by atomic mass is 9.77. The maximum atomic E-state index is 12.9. The number of amides is 5. The second kappa shape index (κ2) is 7.33. The van der Waals surface area contributed by atoms with E-state index in [9.17, 15) is 19.2 Å². The number of imide groups is 1. The van der Waals surface area contributed by atoms with Crippen molar-refractivity contribution >= 4 is 41.0 Å². The molecular weight excluding hydrogens is 396 g/mol. The van der Waals surface area contributed by atoms with Crippen molar-refractivity contribution < 1.29 is 19.2 Å². The predicted octanol–water partition coefficient (Wildman–Crippen LogP) is 2.61. The molecule has 1 aliphatic carbocycles. The number of nitrogens with one attached hydrogen (secondary N) is 2. The van der Waals surface area contributed by atoms with Crippen molar-refractivity contribution in [3.05, 3.63) is 28.8 Å². The summed E-state index contributed by atoms with van der Waals surface area (Å²) < 4.78 is 0. The molecule has 0 atom stereocenters. The lowest BCUT2D eigenvalue weighted by Gasteiger charge is -2.33. The molecule has 1 saturated carbocycles. The number of nitrogens with zero attached hydrogens (tertiary/aromatic N) is 2. The van der Waals surface area contributed by atoms with Crippen LogP contribution in [0.4, 0.5) is 10.5 Å². The molecular formula is C20H23ClN4O4. The molecule has 1 aromatic rings. The van der Waals surface area contributed by atoms with Gasteiger partial charge in [-0.15, -0.1) is 0 Å². The van der Waals surface area contributed by atoms with Gasteiger partial charge in [-0.2, -0.15) is 5.01 Å². The molecule has 2 N–H and O–H groups in total. The number of halogens is 1. The molecule has 9 heteroatoms. The maximum absolute atomic E-state index is 12.9. The highest BCUT2D eigenvalue weighted by molar-refractivity contribution is 6.34. The van der Waals surface area contributed by atoms with Crippen LogP contribution in [-0.4, -0.2) is 40.8 Å². The van der Waals surface area contributed by atoms with Gasteiger partial charge in [-0.1, -0.05) is 18.5 Å². The average Bonchev–Trinajstić information content (AvgIpc) is 3.21. The van der Waals surface area contributed by atoms with Gasteiger partial charge in [0.15, 0.2) is 0 Å². The summed E-state index contributed by atoms with van der Waals surface area (Å²) >= 11 is 6.22. The number of hydrogen-bond donors (Lipinski definition) is 2. The van der Waals surface area contributed by atoms with Crippen LogP contribution in [0.1, 0.15) is 55.8 Å². The predicted molar refractivity (Wildman–Crippen MR) is 106 cm³/mol. The van der Waals surface area contributed by atoms with Gasteiger partial charge >= 0.3 is 6.03 Å². The van der Waals surface area contributed by atoms with E-state index in [4.69, 9.17) is 11.6 Å². The molecule has 1 spiro atoms. The quantitative estimate of drug-likeness (QED) is 0.737. The number of anilines is 1. The normalized spacial score (nSPS) is 27.0. The molecule has 4 rings (SSSR count). The van der Waals surface area contributed by atoms with Crippen LogP contribution in [0, 0.1) is 5.92 Å². The van der Waals surface area contributed by atoms with Crippen LogP contribution in [0.15, 0.2) is 18.2 Å². The Bertz CT molecular complexity index is 894. The van der Waals surface area contributed by atoms with E-state index in [0.717, 1.165) is 24.3 Å². The summed E-state index contributed by atoms with van der Waals surface area (Å²) in [4.78, 5) is 51.6. The molecule has 2 saturated heterocycles. The van der Waals surface area contributed by atoms with Gasteiger partial charge in [-0.25, -0.2) is 4.79 Å². The summed E-state index contributed by atoms with van der Waals surface area (Å²) in [5.74, 6) is -0.576. The van der Waals surface area contributed by atoms with Gasteiger partial charge < -0.3 is 10.2 Å². The van der Waals surface area contributed by atoms with Crippen LogP contribution in [0.2, 0.25) is 5.02 Å². The highest BCUT2D eigenvalue weighted by Crippen LogP contribution is 2.36. The number of benzene rings is 1. The molecule has 5 amide bonds. The largest absolute Gasteiger partial charge is 0.344 e. The molecule has 0 aromatic heterocycles. The highest BCUT2D eigenvalue weighted by atomic mass is 35.5. The van der Waals surface area contributed by atoms with Crippen molar-refractivity contribution in [2.75, 3.05) is 11.4 Å². The van der Waals surface area contributed by atoms with Gasteiger partial charge in [0.05, 0.1) is 10.7 Å². The summed E-state index contributed by atoms with van der Waals surface area (Å²) in [5.41, 5.74) is 2.15. The molecule has 2 aliphatic heterocycles. The first kappa shape index (κ1) is 19.7. The van der Waals surface area contributed by atoms with E-state index >= 15 is 0 Å². The Kier molecular flexibility index (Phi) is 4.98. The Balaban J connectivity index is 1.52. The van der Waals surface area contributed by atoms with Crippen LogP contribution in [0.25, 0.3) is 0 Å². The Labute approximate surface area is 173 Å². The summed E-state index contributed by atoms with van der Waals surface area (Å²) in [6.45, 7) is 2.66. The Morgan fingerprint density at radius 1 is 1.24 bits per heavy atom. The Morgan fingerprint density at radius 3 is 2.62 bits per heavy atom. The lowest BCUT2D eigenvalue weighted by molar-refractivity contribution is -0.134. The minimum Gasteiger partial charge on any atom is -0.322 e. The van der Waals surface area contributed by atoms with E-state index in [-0.39, 0.29) is 11.5 Å². The summed E-state index contributed by atoms with van der Waals surface area (Å²) in [5, 5.41) is 3.90. The molecule has 2 heterocycles. The van der Waals surface area contributed by atoms with E-state index in [1.54, 1.807) is 4.90 Å². The first-order valence-corrected chi connectivity index (χ1v) is 10.3. The van der Waals surface area contributed by atoms with Crippen LogP contribution >= 0.6 is 11.6 Å². The smallest absolute Gasteiger partial charge is 0.322 e. The second-order valence-electron chi connectivity index (χ2n) is 8.09. The number of carbonyl (C=O) groups is 4. The number of urea groups is 1. The van der Waals surface area contributed by atoms with Crippen molar-refractivity contribution in [1.82, 2.24) is 15.8 Å². The van der Waals surface area contributed by atoms with Gasteiger partial charge in [-0.05, 0) is 56.2 Å². The first-order chi connectivity index (χ1) is 13.8. The van der Waals surface area contributed by atoms with E-state index in [0.29, 0.717) is 42.4 Å². The van der Waals surface area contributed by atoms with Gasteiger partial charge in [0.25, 0.3) is 11.8 Å². The maximum Gasteiger partial charge on any atom is 0.344 e. The van der Waals surface area contributed by atoms with Crippen LogP contribution in [0.5, 0.6) is 0 Å². The third kappa shape index (κ3) is 3.46.